The first-order valence-corrected chi connectivity index (χ1v) is 10.6. The van der Waals surface area contributed by atoms with Gasteiger partial charge in [0.25, 0.3) is 5.56 Å². The molecule has 2 aromatic heterocycles. The van der Waals surface area contributed by atoms with Gasteiger partial charge in [-0.25, -0.2) is 9.37 Å². The Kier molecular flexibility index (Phi) is 6.76. The highest BCUT2D eigenvalue weighted by molar-refractivity contribution is 5.67. The summed E-state index contributed by atoms with van der Waals surface area (Å²) >= 11 is 0. The van der Waals surface area contributed by atoms with Crippen LogP contribution in [0.25, 0.3) is 11.3 Å². The lowest BCUT2D eigenvalue weighted by molar-refractivity contribution is 0.121. The van der Waals surface area contributed by atoms with E-state index in [1.54, 1.807) is 30.1 Å². The van der Waals surface area contributed by atoms with Crippen molar-refractivity contribution in [3.63, 3.8) is 0 Å². The Hall–Kier alpha value is -3.00. The molecule has 8 heteroatoms. The predicted octanol–water partition coefficient (Wildman–Crippen LogP) is 3.27. The first-order valence-electron chi connectivity index (χ1n) is 10.6. The van der Waals surface area contributed by atoms with Crippen LogP contribution in [0, 0.1) is 5.92 Å². The van der Waals surface area contributed by atoms with Crippen LogP contribution in [0.2, 0.25) is 0 Å². The van der Waals surface area contributed by atoms with Crippen LogP contribution in [-0.4, -0.2) is 47.4 Å². The second-order valence-corrected chi connectivity index (χ2v) is 7.74. The van der Waals surface area contributed by atoms with Gasteiger partial charge in [0.2, 0.25) is 5.95 Å². The van der Waals surface area contributed by atoms with E-state index in [2.05, 4.69) is 9.88 Å². The number of rotatable bonds is 7. The molecule has 1 unspecified atom stereocenters. The molecule has 0 bridgehead atoms. The fourth-order valence-electron chi connectivity index (χ4n) is 3.80. The molecule has 0 saturated carbocycles. The third-order valence-electron chi connectivity index (χ3n) is 5.59. The van der Waals surface area contributed by atoms with Crippen LogP contribution in [0.1, 0.15) is 19.3 Å². The van der Waals surface area contributed by atoms with Gasteiger partial charge < -0.3 is 14.4 Å². The summed E-state index contributed by atoms with van der Waals surface area (Å²) in [5.74, 6) is 1.40. The summed E-state index contributed by atoms with van der Waals surface area (Å²) in [6, 6.07) is 3.34. The molecule has 4 rings (SSSR count). The summed E-state index contributed by atoms with van der Waals surface area (Å²) in [5, 5.41) is 0. The van der Waals surface area contributed by atoms with Gasteiger partial charge >= 0.3 is 0 Å². The van der Waals surface area contributed by atoms with Crippen molar-refractivity contribution in [3.8, 4) is 17.0 Å². The zero-order valence-corrected chi connectivity index (χ0v) is 17.7. The van der Waals surface area contributed by atoms with Crippen LogP contribution in [-0.2, 0) is 11.8 Å². The topological polar surface area (TPSA) is 69.5 Å². The van der Waals surface area contributed by atoms with Gasteiger partial charge in [-0.1, -0.05) is 6.08 Å². The van der Waals surface area contributed by atoms with Crippen molar-refractivity contribution in [1.29, 1.82) is 0 Å². The minimum atomic E-state index is -0.162. The van der Waals surface area contributed by atoms with E-state index in [1.165, 1.54) is 12.1 Å². The molecule has 0 aromatic carbocycles. The van der Waals surface area contributed by atoms with E-state index in [0.29, 0.717) is 56.2 Å². The van der Waals surface area contributed by atoms with Gasteiger partial charge in [0, 0.05) is 38.0 Å². The molecule has 7 nitrogen and oxygen atoms in total. The molecule has 31 heavy (non-hydrogen) atoms. The fraction of sp³-hybridized carbons (Fsp3) is 0.435. The second kappa shape index (κ2) is 9.87. The number of halogens is 1. The number of allylic oxidation sites excluding steroid dienone is 4. The number of ether oxygens (including phenoxy) is 2. The predicted molar refractivity (Wildman–Crippen MR) is 117 cm³/mol. The van der Waals surface area contributed by atoms with Crippen molar-refractivity contribution < 1.29 is 13.9 Å². The van der Waals surface area contributed by atoms with E-state index in [-0.39, 0.29) is 11.4 Å². The minimum Gasteiger partial charge on any atom is -0.491 e. The van der Waals surface area contributed by atoms with E-state index in [4.69, 9.17) is 14.5 Å². The van der Waals surface area contributed by atoms with Gasteiger partial charge in [-0.15, -0.1) is 0 Å². The average molecular weight is 426 g/mol. The number of nitrogens with zero attached hydrogens (tertiary/aromatic N) is 4. The lowest BCUT2D eigenvalue weighted by atomic mass is 9.95. The van der Waals surface area contributed by atoms with E-state index in [1.807, 2.05) is 12.1 Å². The Balaban J connectivity index is 1.47. The summed E-state index contributed by atoms with van der Waals surface area (Å²) in [7, 11) is 1.73. The Labute approximate surface area is 180 Å². The van der Waals surface area contributed by atoms with E-state index < -0.39 is 0 Å². The maximum atomic E-state index is 13.1. The first kappa shape index (κ1) is 21.2. The van der Waals surface area contributed by atoms with Crippen molar-refractivity contribution in [2.75, 3.05) is 37.8 Å². The van der Waals surface area contributed by atoms with Crippen molar-refractivity contribution in [2.45, 2.75) is 19.3 Å². The zero-order valence-electron chi connectivity index (χ0n) is 17.7. The molecule has 1 fully saturated rings. The third kappa shape index (κ3) is 5.19. The van der Waals surface area contributed by atoms with Crippen LogP contribution in [0.3, 0.4) is 0 Å². The Bertz CT molecular complexity index is 1030. The maximum Gasteiger partial charge on any atom is 0.255 e. The maximum absolute atomic E-state index is 13.1. The number of pyridine rings is 1. The third-order valence-corrected chi connectivity index (χ3v) is 5.59. The molecular formula is C23H27FN4O3. The van der Waals surface area contributed by atoms with Crippen molar-refractivity contribution in [3.05, 3.63) is 58.9 Å². The zero-order chi connectivity index (χ0) is 21.6. The molecule has 164 valence electrons. The van der Waals surface area contributed by atoms with E-state index >= 15 is 0 Å². The summed E-state index contributed by atoms with van der Waals surface area (Å²) in [4.78, 5) is 23.6. The molecule has 0 spiro atoms. The van der Waals surface area contributed by atoms with Crippen LogP contribution in [0.5, 0.6) is 5.75 Å². The highest BCUT2D eigenvalue weighted by Crippen LogP contribution is 2.29. The fourth-order valence-corrected chi connectivity index (χ4v) is 3.80. The Morgan fingerprint density at radius 2 is 2.16 bits per heavy atom. The lowest BCUT2D eigenvalue weighted by Gasteiger charge is -2.29. The number of anilines is 1. The Morgan fingerprint density at radius 3 is 2.94 bits per heavy atom. The SMILES string of the molecule is Cn1c(N2CCOCC2)nc(-c2ccncc2OCCCC2C=CC(F)=CC2)cc1=O. The number of hydrogen-bond donors (Lipinski definition) is 0. The van der Waals surface area contributed by atoms with E-state index in [9.17, 15) is 9.18 Å². The molecule has 0 amide bonds. The molecule has 3 heterocycles. The summed E-state index contributed by atoms with van der Waals surface area (Å²) < 4.78 is 26.1. The quantitative estimate of drug-likeness (QED) is 0.633. The minimum absolute atomic E-state index is 0.126. The number of hydrogen-bond acceptors (Lipinski definition) is 6. The standard InChI is InChI=1S/C23H27FN4O3/c1-27-22(29)15-20(26-23(27)28-10-13-30-14-11-28)19-8-9-25-16-21(19)31-12-2-3-17-4-6-18(24)7-5-17/h4,6-9,15-17H,2-3,5,10-14H2,1H3. The van der Waals surface area contributed by atoms with Crippen LogP contribution < -0.4 is 15.2 Å². The molecule has 1 aliphatic carbocycles. The lowest BCUT2D eigenvalue weighted by Crippen LogP contribution is -2.40. The van der Waals surface area contributed by atoms with Crippen molar-refractivity contribution in [1.82, 2.24) is 14.5 Å². The summed E-state index contributed by atoms with van der Waals surface area (Å²) in [6.45, 7) is 3.12. The van der Waals surface area contributed by atoms with Gasteiger partial charge in [-0.2, -0.15) is 0 Å². The summed E-state index contributed by atoms with van der Waals surface area (Å²) in [6.07, 6.45) is 10.9. The molecule has 0 radical (unpaired) electrons. The van der Waals surface area contributed by atoms with Crippen molar-refractivity contribution in [2.24, 2.45) is 13.0 Å². The molecule has 1 atom stereocenters. The van der Waals surface area contributed by atoms with Crippen molar-refractivity contribution >= 4 is 5.95 Å². The Morgan fingerprint density at radius 1 is 1.32 bits per heavy atom. The molecule has 2 aliphatic rings. The normalized spacial score (nSPS) is 18.7. The average Bonchev–Trinajstić information content (AvgIpc) is 2.80. The first-order chi connectivity index (χ1) is 15.1. The molecule has 1 saturated heterocycles. The second-order valence-electron chi connectivity index (χ2n) is 7.74. The van der Waals surface area contributed by atoms with Crippen LogP contribution in [0.15, 0.2) is 53.4 Å². The van der Waals surface area contributed by atoms with Gasteiger partial charge in [-0.3, -0.25) is 14.3 Å². The number of morpholine rings is 1. The smallest absolute Gasteiger partial charge is 0.255 e. The molecule has 2 aromatic rings. The molecular weight excluding hydrogens is 399 g/mol. The van der Waals surface area contributed by atoms with Crippen LogP contribution in [0.4, 0.5) is 10.3 Å². The van der Waals surface area contributed by atoms with Gasteiger partial charge in [0.15, 0.2) is 0 Å². The molecule has 1 aliphatic heterocycles. The largest absolute Gasteiger partial charge is 0.491 e. The highest BCUT2D eigenvalue weighted by Gasteiger charge is 2.19. The monoisotopic (exact) mass is 426 g/mol. The van der Waals surface area contributed by atoms with Gasteiger partial charge in [-0.05, 0) is 43.4 Å². The highest BCUT2D eigenvalue weighted by atomic mass is 19.1. The van der Waals surface area contributed by atoms with Gasteiger partial charge in [0.05, 0.1) is 31.7 Å². The van der Waals surface area contributed by atoms with Crippen LogP contribution >= 0.6 is 0 Å². The van der Waals surface area contributed by atoms with Gasteiger partial charge in [0.1, 0.15) is 11.6 Å². The molecule has 0 N–H and O–H groups in total. The van der Waals surface area contributed by atoms with E-state index in [0.717, 1.165) is 24.8 Å². The summed E-state index contributed by atoms with van der Waals surface area (Å²) in [5.41, 5.74) is 1.18. The number of aromatic nitrogens is 3.